The number of hydrogen-bond acceptors (Lipinski definition) is 4. The number of rotatable bonds is 4. The number of halogens is 2. The van der Waals surface area contributed by atoms with Gasteiger partial charge >= 0.3 is 0 Å². The summed E-state index contributed by atoms with van der Waals surface area (Å²) in [6.07, 6.45) is 3.29. The van der Waals surface area contributed by atoms with Gasteiger partial charge in [-0.25, -0.2) is 0 Å². The highest BCUT2D eigenvalue weighted by Crippen LogP contribution is 2.30. The van der Waals surface area contributed by atoms with Gasteiger partial charge in [0.05, 0.1) is 27.7 Å². The molecule has 2 heterocycles. The zero-order valence-corrected chi connectivity index (χ0v) is 15.5. The van der Waals surface area contributed by atoms with Gasteiger partial charge in [0.25, 0.3) is 11.8 Å². The Morgan fingerprint density at radius 1 is 0.889 bits per heavy atom. The van der Waals surface area contributed by atoms with Gasteiger partial charge in [-0.2, -0.15) is 0 Å². The molecule has 1 aliphatic heterocycles. The van der Waals surface area contributed by atoms with E-state index in [2.05, 4.69) is 10.3 Å². The van der Waals surface area contributed by atoms with Crippen LogP contribution in [-0.4, -0.2) is 21.7 Å². The maximum absolute atomic E-state index is 12.7. The van der Waals surface area contributed by atoms with Crippen LogP contribution in [0.15, 0.2) is 60.9 Å². The zero-order valence-electron chi connectivity index (χ0n) is 13.9. The van der Waals surface area contributed by atoms with Crippen molar-refractivity contribution in [3.63, 3.8) is 0 Å². The highest BCUT2D eigenvalue weighted by atomic mass is 35.5. The van der Waals surface area contributed by atoms with Crippen LogP contribution in [0.4, 0.5) is 11.4 Å². The van der Waals surface area contributed by atoms with Gasteiger partial charge in [0.15, 0.2) is 0 Å². The second-order valence-corrected chi connectivity index (χ2v) is 6.89. The summed E-state index contributed by atoms with van der Waals surface area (Å²) in [4.78, 5) is 30.6. The number of carbonyl (C=O) groups excluding carboxylic acids is 2. The van der Waals surface area contributed by atoms with Crippen molar-refractivity contribution in [1.29, 1.82) is 0 Å². The summed E-state index contributed by atoms with van der Waals surface area (Å²) in [5.41, 5.74) is 2.96. The minimum absolute atomic E-state index is 0.190. The lowest BCUT2D eigenvalue weighted by Crippen LogP contribution is -2.29. The number of nitrogens with one attached hydrogen (secondary N) is 1. The molecule has 0 saturated carbocycles. The summed E-state index contributed by atoms with van der Waals surface area (Å²) in [5.74, 6) is -0.628. The first-order valence-electron chi connectivity index (χ1n) is 8.14. The molecular formula is C20H13Cl2N3O2. The van der Waals surface area contributed by atoms with Crippen LogP contribution in [0, 0.1) is 0 Å². The van der Waals surface area contributed by atoms with Crippen LogP contribution >= 0.6 is 23.2 Å². The largest absolute Gasteiger partial charge is 0.355 e. The van der Waals surface area contributed by atoms with Crippen LogP contribution in [-0.2, 0) is 6.54 Å². The molecule has 0 atom stereocenters. The van der Waals surface area contributed by atoms with Crippen molar-refractivity contribution >= 4 is 46.4 Å². The number of anilines is 2. The molecular weight excluding hydrogens is 385 g/mol. The van der Waals surface area contributed by atoms with Crippen LogP contribution < -0.4 is 5.32 Å². The Morgan fingerprint density at radius 3 is 2.37 bits per heavy atom. The van der Waals surface area contributed by atoms with E-state index < -0.39 is 0 Å². The number of hydrogen-bond donors (Lipinski definition) is 1. The SMILES string of the molecule is O=C1c2ccc(Nc3ccc(Cl)c(Cl)c3)cc2C(=O)N1Cc1cccnc1. The molecule has 0 fully saturated rings. The second kappa shape index (κ2) is 7.02. The van der Waals surface area contributed by atoms with Crippen molar-refractivity contribution in [3.05, 3.63) is 87.7 Å². The van der Waals surface area contributed by atoms with Gasteiger partial charge in [0, 0.05) is 23.8 Å². The Hall–Kier alpha value is -2.89. The Bertz CT molecular complexity index is 1050. The number of imide groups is 1. The molecule has 5 nitrogen and oxygen atoms in total. The minimum atomic E-state index is -0.323. The topological polar surface area (TPSA) is 62.3 Å². The Morgan fingerprint density at radius 2 is 1.63 bits per heavy atom. The number of nitrogens with zero attached hydrogens (tertiary/aromatic N) is 2. The molecule has 1 aromatic heterocycles. The fraction of sp³-hybridized carbons (Fsp3) is 0.0500. The van der Waals surface area contributed by atoms with Gasteiger partial charge in [-0.05, 0) is 48.0 Å². The van der Waals surface area contributed by atoms with Gasteiger partial charge in [0.2, 0.25) is 0 Å². The van der Waals surface area contributed by atoms with Crippen molar-refractivity contribution in [2.45, 2.75) is 6.54 Å². The monoisotopic (exact) mass is 397 g/mol. The predicted octanol–water partition coefficient (Wildman–Crippen LogP) is 4.93. The van der Waals surface area contributed by atoms with Crippen molar-refractivity contribution in [1.82, 2.24) is 9.88 Å². The summed E-state index contributed by atoms with van der Waals surface area (Å²) in [6, 6.07) is 13.8. The first kappa shape index (κ1) is 17.5. The zero-order chi connectivity index (χ0) is 19.0. The summed E-state index contributed by atoms with van der Waals surface area (Å²) in [5, 5.41) is 4.06. The van der Waals surface area contributed by atoms with E-state index in [1.807, 2.05) is 6.07 Å². The van der Waals surface area contributed by atoms with Crippen molar-refractivity contribution in [2.75, 3.05) is 5.32 Å². The highest BCUT2D eigenvalue weighted by Gasteiger charge is 2.35. The highest BCUT2D eigenvalue weighted by molar-refractivity contribution is 6.42. The summed E-state index contributed by atoms with van der Waals surface area (Å²) in [7, 11) is 0. The molecule has 0 saturated heterocycles. The first-order valence-corrected chi connectivity index (χ1v) is 8.90. The third-order valence-electron chi connectivity index (χ3n) is 4.24. The molecule has 0 spiro atoms. The van der Waals surface area contributed by atoms with E-state index in [4.69, 9.17) is 23.2 Å². The predicted molar refractivity (Wildman–Crippen MR) is 105 cm³/mol. The van der Waals surface area contributed by atoms with Gasteiger partial charge in [0.1, 0.15) is 0 Å². The molecule has 2 aromatic carbocycles. The molecule has 7 heteroatoms. The lowest BCUT2D eigenvalue weighted by molar-refractivity contribution is 0.0642. The molecule has 134 valence electrons. The maximum atomic E-state index is 12.7. The molecule has 1 aliphatic rings. The quantitative estimate of drug-likeness (QED) is 0.634. The van der Waals surface area contributed by atoms with Gasteiger partial charge in [-0.15, -0.1) is 0 Å². The minimum Gasteiger partial charge on any atom is -0.355 e. The normalized spacial score (nSPS) is 13.0. The van der Waals surface area contributed by atoms with Crippen LogP contribution in [0.2, 0.25) is 10.0 Å². The van der Waals surface area contributed by atoms with E-state index in [1.54, 1.807) is 54.9 Å². The Kier molecular flexibility index (Phi) is 4.56. The van der Waals surface area contributed by atoms with Gasteiger partial charge in [-0.1, -0.05) is 29.3 Å². The number of benzene rings is 2. The van der Waals surface area contributed by atoms with Crippen LogP contribution in [0.25, 0.3) is 0 Å². The maximum Gasteiger partial charge on any atom is 0.261 e. The lowest BCUT2D eigenvalue weighted by Gasteiger charge is -2.13. The van der Waals surface area contributed by atoms with E-state index >= 15 is 0 Å². The van der Waals surface area contributed by atoms with Crippen molar-refractivity contribution < 1.29 is 9.59 Å². The van der Waals surface area contributed by atoms with E-state index in [-0.39, 0.29) is 18.4 Å². The third-order valence-corrected chi connectivity index (χ3v) is 4.98. The molecule has 4 rings (SSSR count). The fourth-order valence-corrected chi connectivity index (χ4v) is 3.22. The summed E-state index contributed by atoms with van der Waals surface area (Å²) in [6.45, 7) is 0.190. The fourth-order valence-electron chi connectivity index (χ4n) is 2.93. The molecule has 0 unspecified atom stereocenters. The molecule has 1 N–H and O–H groups in total. The van der Waals surface area contributed by atoms with Gasteiger partial charge < -0.3 is 5.32 Å². The molecule has 3 aromatic rings. The number of fused-ring (bicyclic) bond motifs is 1. The molecule has 0 radical (unpaired) electrons. The average Bonchev–Trinajstić information content (AvgIpc) is 2.90. The van der Waals surface area contributed by atoms with E-state index in [9.17, 15) is 9.59 Å². The Balaban J connectivity index is 1.59. The second-order valence-electron chi connectivity index (χ2n) is 6.07. The van der Waals surface area contributed by atoms with E-state index in [1.165, 1.54) is 4.90 Å². The summed E-state index contributed by atoms with van der Waals surface area (Å²) >= 11 is 12.0. The lowest BCUT2D eigenvalue weighted by atomic mass is 10.1. The molecule has 2 amide bonds. The smallest absolute Gasteiger partial charge is 0.261 e. The Labute approximate surface area is 165 Å². The van der Waals surface area contributed by atoms with Crippen molar-refractivity contribution in [2.24, 2.45) is 0 Å². The van der Waals surface area contributed by atoms with Crippen LogP contribution in [0.5, 0.6) is 0 Å². The standard InChI is InChI=1S/C20H13Cl2N3O2/c21-17-6-4-14(9-18(17)22)24-13-3-5-15-16(8-13)20(27)25(19(15)26)11-12-2-1-7-23-10-12/h1-10,24H,11H2. The molecule has 0 bridgehead atoms. The number of amides is 2. The molecule has 0 aliphatic carbocycles. The van der Waals surface area contributed by atoms with E-state index in [0.717, 1.165) is 11.3 Å². The van der Waals surface area contributed by atoms with Crippen LogP contribution in [0.3, 0.4) is 0 Å². The number of pyridine rings is 1. The van der Waals surface area contributed by atoms with E-state index in [0.29, 0.717) is 26.9 Å². The van der Waals surface area contributed by atoms with Crippen LogP contribution in [0.1, 0.15) is 26.3 Å². The average molecular weight is 398 g/mol. The summed E-state index contributed by atoms with van der Waals surface area (Å²) < 4.78 is 0. The van der Waals surface area contributed by atoms with Crippen molar-refractivity contribution in [3.8, 4) is 0 Å². The van der Waals surface area contributed by atoms with Gasteiger partial charge in [-0.3, -0.25) is 19.5 Å². The molecule has 27 heavy (non-hydrogen) atoms. The first-order chi connectivity index (χ1) is 13.0. The number of aromatic nitrogens is 1. The number of carbonyl (C=O) groups is 2. The third kappa shape index (κ3) is 3.39.